The van der Waals surface area contributed by atoms with Crippen LogP contribution in [0.2, 0.25) is 0 Å². The summed E-state index contributed by atoms with van der Waals surface area (Å²) in [4.78, 5) is 12.2. The Morgan fingerprint density at radius 1 is 1.33 bits per heavy atom. The molecule has 1 aliphatic rings. The van der Waals surface area contributed by atoms with Gasteiger partial charge in [-0.3, -0.25) is 10.1 Å². The van der Waals surface area contributed by atoms with Crippen molar-refractivity contribution < 1.29 is 14.6 Å². The molecule has 0 spiro atoms. The summed E-state index contributed by atoms with van der Waals surface area (Å²) >= 11 is 0. The van der Waals surface area contributed by atoms with E-state index < -0.39 is 0 Å². The van der Waals surface area contributed by atoms with E-state index in [1.165, 1.54) is 23.3 Å². The number of quaternary nitrogens is 1. The van der Waals surface area contributed by atoms with Gasteiger partial charge in [0, 0.05) is 18.4 Å². The normalized spacial score (nSPS) is 15.3. The molecule has 0 bridgehead atoms. The largest absolute Gasteiger partial charge is 0.497 e. The summed E-state index contributed by atoms with van der Waals surface area (Å²) in [6.07, 6.45) is 2.40. The number of hydrogen-bond donors (Lipinski definition) is 1. The summed E-state index contributed by atoms with van der Waals surface area (Å²) in [6.45, 7) is 5.00. The average molecular weight is 331 g/mol. The number of hydrogen-bond acceptors (Lipinski definition) is 4. The van der Waals surface area contributed by atoms with Gasteiger partial charge in [-0.15, -0.1) is 0 Å². The Hall–Kier alpha value is -2.41. The molecule has 1 fully saturated rings. The molecule has 3 rings (SSSR count). The quantitative estimate of drug-likeness (QED) is 0.618. The predicted molar refractivity (Wildman–Crippen MR) is 89.0 cm³/mol. The summed E-state index contributed by atoms with van der Waals surface area (Å²) in [7, 11) is 1.66. The molecule has 0 aliphatic heterocycles. The standard InChI is InChI=1S/C17H22N4O3/c1-12-17(21(22)23)13(2)20(18-12)11-19(15-6-7-15)10-14-4-8-16(24-3)9-5-14/h4-5,8-9,15H,6-7,10-11H2,1-3H3/p+1. The lowest BCUT2D eigenvalue weighted by Crippen LogP contribution is -3.11. The highest BCUT2D eigenvalue weighted by Crippen LogP contribution is 2.22. The first-order valence-electron chi connectivity index (χ1n) is 8.15. The van der Waals surface area contributed by atoms with Crippen molar-refractivity contribution in [2.75, 3.05) is 7.11 Å². The fourth-order valence-electron chi connectivity index (χ4n) is 3.12. The second-order valence-corrected chi connectivity index (χ2v) is 6.39. The zero-order valence-corrected chi connectivity index (χ0v) is 14.3. The van der Waals surface area contributed by atoms with Crippen LogP contribution in [0.4, 0.5) is 5.69 Å². The third-order valence-corrected chi connectivity index (χ3v) is 4.62. The molecule has 128 valence electrons. The van der Waals surface area contributed by atoms with Crippen LogP contribution in [-0.4, -0.2) is 27.9 Å². The van der Waals surface area contributed by atoms with E-state index in [0.717, 1.165) is 12.3 Å². The average Bonchev–Trinajstić information content (AvgIpc) is 3.34. The van der Waals surface area contributed by atoms with E-state index >= 15 is 0 Å². The van der Waals surface area contributed by atoms with Crippen molar-refractivity contribution in [1.82, 2.24) is 9.78 Å². The summed E-state index contributed by atoms with van der Waals surface area (Å²) < 4.78 is 6.98. The molecular formula is C17H23N4O3+. The molecule has 1 atom stereocenters. The Bertz CT molecular complexity index is 735. The first-order chi connectivity index (χ1) is 11.5. The molecule has 7 nitrogen and oxygen atoms in total. The maximum Gasteiger partial charge on any atom is 0.312 e. The van der Waals surface area contributed by atoms with Gasteiger partial charge in [0.15, 0.2) is 6.67 Å². The molecule has 1 N–H and O–H groups in total. The van der Waals surface area contributed by atoms with Crippen molar-refractivity contribution in [2.45, 2.75) is 45.9 Å². The zero-order valence-electron chi connectivity index (χ0n) is 14.3. The minimum atomic E-state index is -0.339. The summed E-state index contributed by atoms with van der Waals surface area (Å²) in [5, 5.41) is 15.6. The fourth-order valence-corrected chi connectivity index (χ4v) is 3.12. The van der Waals surface area contributed by atoms with E-state index in [-0.39, 0.29) is 10.6 Å². The SMILES string of the molecule is COc1ccc(C[NH+](Cn2nc(C)c([N+](=O)[O-])c2C)C2CC2)cc1. The first-order valence-corrected chi connectivity index (χ1v) is 8.15. The molecule has 0 radical (unpaired) electrons. The Morgan fingerprint density at radius 2 is 2.00 bits per heavy atom. The minimum Gasteiger partial charge on any atom is -0.497 e. The number of ether oxygens (including phenoxy) is 1. The number of aryl methyl sites for hydroxylation is 1. The van der Waals surface area contributed by atoms with Gasteiger partial charge in [-0.2, -0.15) is 5.10 Å². The van der Waals surface area contributed by atoms with Crippen molar-refractivity contribution in [3.63, 3.8) is 0 Å². The second-order valence-electron chi connectivity index (χ2n) is 6.39. The van der Waals surface area contributed by atoms with Crippen molar-refractivity contribution in [3.05, 3.63) is 51.3 Å². The summed E-state index contributed by atoms with van der Waals surface area (Å²) in [6, 6.07) is 8.69. The molecule has 7 heteroatoms. The number of methoxy groups -OCH3 is 1. The highest BCUT2D eigenvalue weighted by molar-refractivity contribution is 5.39. The minimum absolute atomic E-state index is 0.134. The fraction of sp³-hybridized carbons (Fsp3) is 0.471. The second kappa shape index (κ2) is 6.60. The van der Waals surface area contributed by atoms with Crippen LogP contribution >= 0.6 is 0 Å². The van der Waals surface area contributed by atoms with Crippen molar-refractivity contribution in [1.29, 1.82) is 0 Å². The Kier molecular flexibility index (Phi) is 4.53. The maximum atomic E-state index is 11.2. The van der Waals surface area contributed by atoms with Gasteiger partial charge in [-0.25, -0.2) is 4.68 Å². The molecular weight excluding hydrogens is 308 g/mol. The maximum absolute atomic E-state index is 11.2. The van der Waals surface area contributed by atoms with Crippen LogP contribution in [0.3, 0.4) is 0 Å². The van der Waals surface area contributed by atoms with E-state index in [1.807, 2.05) is 12.1 Å². The van der Waals surface area contributed by atoms with E-state index in [2.05, 4.69) is 17.2 Å². The van der Waals surface area contributed by atoms with Crippen LogP contribution in [0.15, 0.2) is 24.3 Å². The first kappa shape index (κ1) is 16.4. The molecule has 2 aromatic rings. The number of benzene rings is 1. The third-order valence-electron chi connectivity index (χ3n) is 4.62. The number of nitro groups is 1. The number of nitrogens with one attached hydrogen (secondary N) is 1. The van der Waals surface area contributed by atoms with Gasteiger partial charge in [0.25, 0.3) is 0 Å². The van der Waals surface area contributed by atoms with E-state index in [1.54, 1.807) is 25.6 Å². The third kappa shape index (κ3) is 3.41. The van der Waals surface area contributed by atoms with Gasteiger partial charge in [0.2, 0.25) is 0 Å². The topological polar surface area (TPSA) is 74.6 Å². The van der Waals surface area contributed by atoms with Gasteiger partial charge in [0.05, 0.1) is 18.1 Å². The van der Waals surface area contributed by atoms with Crippen LogP contribution in [0.1, 0.15) is 29.8 Å². The lowest BCUT2D eigenvalue weighted by atomic mass is 10.2. The van der Waals surface area contributed by atoms with Crippen molar-refractivity contribution >= 4 is 5.69 Å². The zero-order chi connectivity index (χ0) is 17.3. The molecule has 1 aromatic heterocycles. The lowest BCUT2D eigenvalue weighted by Gasteiger charge is -2.20. The van der Waals surface area contributed by atoms with Crippen LogP contribution in [0.5, 0.6) is 5.75 Å². The molecule has 1 aromatic carbocycles. The van der Waals surface area contributed by atoms with E-state index in [4.69, 9.17) is 4.74 Å². The van der Waals surface area contributed by atoms with Crippen LogP contribution < -0.4 is 9.64 Å². The van der Waals surface area contributed by atoms with Gasteiger partial charge in [-0.1, -0.05) is 0 Å². The van der Waals surface area contributed by atoms with E-state index in [0.29, 0.717) is 24.1 Å². The van der Waals surface area contributed by atoms with Crippen LogP contribution in [0, 0.1) is 24.0 Å². The monoisotopic (exact) mass is 331 g/mol. The van der Waals surface area contributed by atoms with Crippen molar-refractivity contribution in [2.24, 2.45) is 0 Å². The molecule has 1 heterocycles. The van der Waals surface area contributed by atoms with Crippen molar-refractivity contribution in [3.8, 4) is 5.75 Å². The smallest absolute Gasteiger partial charge is 0.312 e. The Balaban J connectivity index is 1.77. The summed E-state index contributed by atoms with van der Waals surface area (Å²) in [5.74, 6) is 0.848. The molecule has 1 aliphatic carbocycles. The van der Waals surface area contributed by atoms with Gasteiger partial charge >= 0.3 is 5.69 Å². The number of rotatable bonds is 7. The Labute approximate surface area is 141 Å². The summed E-state index contributed by atoms with van der Waals surface area (Å²) in [5.41, 5.74) is 2.48. The highest BCUT2D eigenvalue weighted by Gasteiger charge is 2.34. The number of aromatic nitrogens is 2. The molecule has 1 unspecified atom stereocenters. The van der Waals surface area contributed by atoms with Gasteiger partial charge in [0.1, 0.15) is 23.7 Å². The predicted octanol–water partition coefficient (Wildman–Crippen LogP) is 1.62. The van der Waals surface area contributed by atoms with Crippen LogP contribution in [-0.2, 0) is 13.2 Å². The molecule has 24 heavy (non-hydrogen) atoms. The van der Waals surface area contributed by atoms with Gasteiger partial charge < -0.3 is 9.64 Å². The lowest BCUT2D eigenvalue weighted by molar-refractivity contribution is -0.947. The highest BCUT2D eigenvalue weighted by atomic mass is 16.6. The molecule has 0 amide bonds. The molecule has 1 saturated carbocycles. The molecule has 0 saturated heterocycles. The Morgan fingerprint density at radius 3 is 2.50 bits per heavy atom. The van der Waals surface area contributed by atoms with E-state index in [9.17, 15) is 10.1 Å². The number of nitrogens with zero attached hydrogens (tertiary/aromatic N) is 3. The van der Waals surface area contributed by atoms with Crippen LogP contribution in [0.25, 0.3) is 0 Å². The van der Waals surface area contributed by atoms with Gasteiger partial charge in [-0.05, 0) is 38.1 Å².